The number of halogens is 2. The number of hydrogen-bond acceptors (Lipinski definition) is 2. The molecule has 0 aliphatic rings. The molecule has 0 saturated heterocycles. The first-order valence-electron chi connectivity index (χ1n) is 7.00. The highest BCUT2D eigenvalue weighted by atomic mass is 35.5. The minimum absolute atomic E-state index is 0.0884. The predicted molar refractivity (Wildman–Crippen MR) is 90.8 cm³/mol. The Kier molecular flexibility index (Phi) is 5.77. The fraction of sp³-hybridized carbons (Fsp3) is 0.294. The number of ether oxygens (including phenoxy) is 1. The maximum atomic E-state index is 5.99. The largest absolute Gasteiger partial charge is 0.489 e. The predicted octanol–water partition coefficient (Wildman–Crippen LogP) is 5.57. The van der Waals surface area contributed by atoms with Gasteiger partial charge in [-0.25, -0.2) is 0 Å². The van der Waals surface area contributed by atoms with Crippen molar-refractivity contribution in [2.75, 3.05) is 11.9 Å². The van der Waals surface area contributed by atoms with Gasteiger partial charge in [0, 0.05) is 15.7 Å². The van der Waals surface area contributed by atoms with E-state index in [1.54, 1.807) is 6.07 Å². The number of rotatable bonds is 6. The molecule has 0 bridgehead atoms. The number of benzene rings is 2. The van der Waals surface area contributed by atoms with Gasteiger partial charge >= 0.3 is 0 Å². The van der Waals surface area contributed by atoms with Gasteiger partial charge in [0.25, 0.3) is 0 Å². The summed E-state index contributed by atoms with van der Waals surface area (Å²) in [6.07, 6.45) is 1.00. The maximum Gasteiger partial charge on any atom is 0.119 e. The molecular weight excluding hydrogens is 305 g/mol. The fourth-order valence-corrected chi connectivity index (χ4v) is 2.49. The van der Waals surface area contributed by atoms with E-state index in [-0.39, 0.29) is 6.10 Å². The van der Waals surface area contributed by atoms with Gasteiger partial charge in [0.05, 0.1) is 6.54 Å². The highest BCUT2D eigenvalue weighted by Crippen LogP contribution is 2.23. The molecule has 0 amide bonds. The Morgan fingerprint density at radius 3 is 2.24 bits per heavy atom. The molecule has 2 aromatic rings. The zero-order valence-corrected chi connectivity index (χ0v) is 13.7. The molecule has 0 aromatic heterocycles. The molecule has 1 atom stereocenters. The second-order valence-electron chi connectivity index (χ2n) is 5.00. The molecule has 1 N–H and O–H groups in total. The van der Waals surface area contributed by atoms with Crippen molar-refractivity contribution in [2.24, 2.45) is 0 Å². The second-order valence-corrected chi connectivity index (χ2v) is 5.87. The highest BCUT2D eigenvalue weighted by Gasteiger charge is 2.08. The molecule has 0 fully saturated rings. The molecule has 2 rings (SSSR count). The van der Waals surface area contributed by atoms with Gasteiger partial charge in [-0.15, -0.1) is 0 Å². The first-order chi connectivity index (χ1) is 10.1. The third-order valence-corrected chi connectivity index (χ3v) is 3.61. The van der Waals surface area contributed by atoms with Gasteiger partial charge in [0.15, 0.2) is 0 Å². The van der Waals surface area contributed by atoms with Crippen LogP contribution in [0.2, 0.25) is 10.0 Å². The van der Waals surface area contributed by atoms with Crippen molar-refractivity contribution in [1.82, 2.24) is 0 Å². The molecule has 0 radical (unpaired) electrons. The third-order valence-electron chi connectivity index (χ3n) is 3.18. The van der Waals surface area contributed by atoms with Crippen LogP contribution in [0.5, 0.6) is 5.75 Å². The van der Waals surface area contributed by atoms with E-state index in [9.17, 15) is 0 Å². The van der Waals surface area contributed by atoms with Gasteiger partial charge in [0.1, 0.15) is 11.9 Å². The normalized spacial score (nSPS) is 12.0. The van der Waals surface area contributed by atoms with Crippen molar-refractivity contribution in [3.8, 4) is 5.75 Å². The Bertz CT molecular complexity index is 564. The van der Waals surface area contributed by atoms with E-state index >= 15 is 0 Å². The average Bonchev–Trinajstić information content (AvgIpc) is 2.44. The van der Waals surface area contributed by atoms with Crippen LogP contribution in [0.3, 0.4) is 0 Å². The van der Waals surface area contributed by atoms with E-state index in [0.717, 1.165) is 17.9 Å². The van der Waals surface area contributed by atoms with Crippen LogP contribution in [0, 0.1) is 6.92 Å². The molecule has 4 heteroatoms. The second kappa shape index (κ2) is 7.58. The summed E-state index contributed by atoms with van der Waals surface area (Å²) >= 11 is 12.0. The molecule has 2 aromatic carbocycles. The van der Waals surface area contributed by atoms with Gasteiger partial charge in [-0.2, -0.15) is 0 Å². The summed E-state index contributed by atoms with van der Waals surface area (Å²) < 4.78 is 5.97. The van der Waals surface area contributed by atoms with Gasteiger partial charge in [-0.05, 0) is 43.7 Å². The van der Waals surface area contributed by atoms with Gasteiger partial charge in [-0.3, -0.25) is 0 Å². The quantitative estimate of drug-likeness (QED) is 0.750. The van der Waals surface area contributed by atoms with E-state index in [1.165, 1.54) is 5.56 Å². The van der Waals surface area contributed by atoms with Crippen LogP contribution in [-0.2, 0) is 0 Å². The van der Waals surface area contributed by atoms with E-state index in [4.69, 9.17) is 27.9 Å². The van der Waals surface area contributed by atoms with Crippen molar-refractivity contribution in [3.63, 3.8) is 0 Å². The molecule has 21 heavy (non-hydrogen) atoms. The Hall–Kier alpha value is -1.38. The molecule has 0 spiro atoms. The van der Waals surface area contributed by atoms with Gasteiger partial charge < -0.3 is 10.1 Å². The lowest BCUT2D eigenvalue weighted by molar-refractivity contribution is 0.210. The van der Waals surface area contributed by atoms with Crippen LogP contribution in [0.25, 0.3) is 0 Å². The molecule has 0 saturated carbocycles. The minimum Gasteiger partial charge on any atom is -0.489 e. The highest BCUT2D eigenvalue weighted by molar-refractivity contribution is 6.35. The Balaban J connectivity index is 1.94. The molecular formula is C17H19Cl2NO. The minimum atomic E-state index is 0.0884. The topological polar surface area (TPSA) is 21.3 Å². The summed E-state index contributed by atoms with van der Waals surface area (Å²) in [4.78, 5) is 0. The SMILES string of the molecule is CCC(CNc1cc(Cl)cc(Cl)c1)Oc1ccc(C)cc1. The third kappa shape index (κ3) is 5.14. The molecule has 112 valence electrons. The van der Waals surface area contributed by atoms with Crippen molar-refractivity contribution in [3.05, 3.63) is 58.1 Å². The lowest BCUT2D eigenvalue weighted by Crippen LogP contribution is -2.25. The monoisotopic (exact) mass is 323 g/mol. The lowest BCUT2D eigenvalue weighted by Gasteiger charge is -2.19. The van der Waals surface area contributed by atoms with E-state index in [0.29, 0.717) is 16.6 Å². The van der Waals surface area contributed by atoms with E-state index in [1.807, 2.05) is 36.4 Å². The van der Waals surface area contributed by atoms with Gasteiger partial charge in [0.2, 0.25) is 0 Å². The van der Waals surface area contributed by atoms with Crippen molar-refractivity contribution in [2.45, 2.75) is 26.4 Å². The Morgan fingerprint density at radius 1 is 1.05 bits per heavy atom. The van der Waals surface area contributed by atoms with Crippen LogP contribution in [0.1, 0.15) is 18.9 Å². The summed E-state index contributed by atoms with van der Waals surface area (Å²) in [6.45, 7) is 4.86. The van der Waals surface area contributed by atoms with Crippen molar-refractivity contribution < 1.29 is 4.74 Å². The van der Waals surface area contributed by atoms with Crippen LogP contribution in [0.4, 0.5) is 5.69 Å². The zero-order chi connectivity index (χ0) is 15.2. The van der Waals surface area contributed by atoms with Crippen molar-refractivity contribution in [1.29, 1.82) is 0 Å². The number of hydrogen-bond donors (Lipinski definition) is 1. The standard InChI is InChI=1S/C17H19Cl2NO/c1-3-16(21-17-6-4-12(2)5-7-17)11-20-15-9-13(18)8-14(19)10-15/h4-10,16,20H,3,11H2,1-2H3. The molecule has 0 aliphatic carbocycles. The maximum absolute atomic E-state index is 5.99. The fourth-order valence-electron chi connectivity index (χ4n) is 1.97. The Labute approximate surface area is 136 Å². The van der Waals surface area contributed by atoms with Gasteiger partial charge in [-0.1, -0.05) is 47.8 Å². The van der Waals surface area contributed by atoms with E-state index < -0.39 is 0 Å². The number of anilines is 1. The molecule has 0 aliphatic heterocycles. The van der Waals surface area contributed by atoms with Crippen molar-refractivity contribution >= 4 is 28.9 Å². The summed E-state index contributed by atoms with van der Waals surface area (Å²) in [7, 11) is 0. The van der Waals surface area contributed by atoms with Crippen LogP contribution in [0.15, 0.2) is 42.5 Å². The van der Waals surface area contributed by atoms with Crippen LogP contribution >= 0.6 is 23.2 Å². The van der Waals surface area contributed by atoms with Crippen LogP contribution in [-0.4, -0.2) is 12.6 Å². The summed E-state index contributed by atoms with van der Waals surface area (Å²) in [5.74, 6) is 0.887. The number of nitrogens with one attached hydrogen (secondary N) is 1. The smallest absolute Gasteiger partial charge is 0.119 e. The summed E-state index contributed by atoms with van der Waals surface area (Å²) in [5, 5.41) is 4.56. The zero-order valence-electron chi connectivity index (χ0n) is 12.2. The molecule has 0 heterocycles. The first kappa shape index (κ1) is 16.0. The average molecular weight is 324 g/mol. The van der Waals surface area contributed by atoms with E-state index in [2.05, 4.69) is 19.2 Å². The molecule has 1 unspecified atom stereocenters. The Morgan fingerprint density at radius 2 is 1.67 bits per heavy atom. The summed E-state index contributed by atoms with van der Waals surface area (Å²) in [6, 6.07) is 13.5. The first-order valence-corrected chi connectivity index (χ1v) is 7.75. The lowest BCUT2D eigenvalue weighted by atomic mass is 10.2. The summed E-state index contributed by atoms with van der Waals surface area (Å²) in [5.41, 5.74) is 2.13. The van der Waals surface area contributed by atoms with Crippen LogP contribution < -0.4 is 10.1 Å². The number of aryl methyl sites for hydroxylation is 1. The molecule has 2 nitrogen and oxygen atoms in total.